The Morgan fingerprint density at radius 2 is 1.90 bits per heavy atom. The Labute approximate surface area is 178 Å². The molecule has 0 aliphatic rings. The van der Waals surface area contributed by atoms with Crippen molar-refractivity contribution >= 4 is 38.1 Å². The second-order valence-electron chi connectivity index (χ2n) is 6.01. The highest BCUT2D eigenvalue weighted by Crippen LogP contribution is 2.36. The Morgan fingerprint density at radius 1 is 1.21 bits per heavy atom. The molecule has 0 aliphatic heterocycles. The molecule has 2 aromatic carbocycles. The van der Waals surface area contributed by atoms with E-state index in [0.717, 1.165) is 0 Å². The fourth-order valence-corrected chi connectivity index (χ4v) is 3.54. The zero-order valence-electron chi connectivity index (χ0n) is 16.3. The maximum atomic E-state index is 12.2. The Hall–Kier alpha value is -2.59. The van der Waals surface area contributed by atoms with Gasteiger partial charge in [0.15, 0.2) is 18.1 Å². The minimum Gasteiger partial charge on any atom is -0.490 e. The average molecular weight is 484 g/mol. The molecule has 0 aromatic heterocycles. The molecule has 0 fully saturated rings. The van der Waals surface area contributed by atoms with Crippen molar-refractivity contribution in [2.24, 2.45) is 5.10 Å². The molecule has 0 saturated heterocycles. The molecule has 0 saturated carbocycles. The number of carbonyl (C=O) groups is 1. The van der Waals surface area contributed by atoms with Crippen LogP contribution in [-0.2, 0) is 14.8 Å². The van der Waals surface area contributed by atoms with Gasteiger partial charge in [-0.3, -0.25) is 4.79 Å². The Morgan fingerprint density at radius 3 is 2.52 bits per heavy atom. The minimum atomic E-state index is -3.75. The van der Waals surface area contributed by atoms with Crippen LogP contribution in [0.5, 0.6) is 11.5 Å². The summed E-state index contributed by atoms with van der Waals surface area (Å²) in [5.74, 6) is 0.588. The number of nitrogens with one attached hydrogen (secondary N) is 1. The van der Waals surface area contributed by atoms with Gasteiger partial charge >= 0.3 is 0 Å². The van der Waals surface area contributed by atoms with E-state index in [9.17, 15) is 13.2 Å². The molecule has 0 heterocycles. The number of hydrazone groups is 1. The van der Waals surface area contributed by atoms with Crippen molar-refractivity contribution in [1.29, 1.82) is 0 Å². The third-order valence-electron chi connectivity index (χ3n) is 3.61. The van der Waals surface area contributed by atoms with E-state index in [2.05, 4.69) is 25.9 Å². The maximum absolute atomic E-state index is 12.2. The number of nitrogens with zero attached hydrogens (tertiary/aromatic N) is 2. The van der Waals surface area contributed by atoms with E-state index in [1.54, 1.807) is 44.4 Å². The zero-order chi connectivity index (χ0) is 21.4. The van der Waals surface area contributed by atoms with E-state index in [0.29, 0.717) is 28.1 Å². The molecule has 0 unspecified atom stereocenters. The van der Waals surface area contributed by atoms with Crippen LogP contribution in [0.4, 0.5) is 0 Å². The molecule has 10 heteroatoms. The number of ether oxygens (including phenoxy) is 2. The van der Waals surface area contributed by atoms with Gasteiger partial charge in [0.05, 0.1) is 22.2 Å². The lowest BCUT2D eigenvalue weighted by Crippen LogP contribution is -2.27. The lowest BCUT2D eigenvalue weighted by Gasteiger charge is -2.16. The van der Waals surface area contributed by atoms with Gasteiger partial charge in [-0.1, -0.05) is 18.2 Å². The van der Waals surface area contributed by atoms with Gasteiger partial charge in [0.2, 0.25) is 0 Å². The van der Waals surface area contributed by atoms with Crippen LogP contribution in [0.25, 0.3) is 0 Å². The van der Waals surface area contributed by atoms with Crippen molar-refractivity contribution in [3.63, 3.8) is 0 Å². The molecule has 29 heavy (non-hydrogen) atoms. The Kier molecular flexibility index (Phi) is 8.03. The van der Waals surface area contributed by atoms with Crippen LogP contribution in [0, 0.1) is 0 Å². The lowest BCUT2D eigenvalue weighted by atomic mass is 10.2. The van der Waals surface area contributed by atoms with Crippen molar-refractivity contribution in [3.8, 4) is 11.5 Å². The highest BCUT2D eigenvalue weighted by molar-refractivity contribution is 9.10. The molecule has 0 bridgehead atoms. The van der Waals surface area contributed by atoms with Gasteiger partial charge in [-0.05, 0) is 52.7 Å². The predicted molar refractivity (Wildman–Crippen MR) is 114 cm³/mol. The smallest absolute Gasteiger partial charge is 0.276 e. The standard InChI is InChI=1S/C19H22BrN3O5S/c1-4-27-17-11-14(10-16(20)19(17)28-13-18(24)23(2)3)12-21-22-29(25,26)15-8-6-5-7-9-15/h5-12,22H,4,13H2,1-3H3/b21-12+. The van der Waals surface area contributed by atoms with E-state index >= 15 is 0 Å². The van der Waals surface area contributed by atoms with E-state index in [1.807, 2.05) is 6.92 Å². The van der Waals surface area contributed by atoms with Crippen LogP contribution in [0.2, 0.25) is 0 Å². The number of carbonyl (C=O) groups excluding carboxylic acids is 1. The summed E-state index contributed by atoms with van der Waals surface area (Å²) in [7, 11) is -0.475. The van der Waals surface area contributed by atoms with Crippen molar-refractivity contribution in [2.45, 2.75) is 11.8 Å². The largest absolute Gasteiger partial charge is 0.490 e. The molecule has 1 amide bonds. The highest BCUT2D eigenvalue weighted by Gasteiger charge is 2.15. The molecule has 0 radical (unpaired) electrons. The number of hydrogen-bond acceptors (Lipinski definition) is 6. The van der Waals surface area contributed by atoms with Gasteiger partial charge < -0.3 is 14.4 Å². The van der Waals surface area contributed by atoms with Crippen LogP contribution in [0.1, 0.15) is 12.5 Å². The monoisotopic (exact) mass is 483 g/mol. The second kappa shape index (κ2) is 10.3. The summed E-state index contributed by atoms with van der Waals surface area (Å²) in [5.41, 5.74) is 0.572. The molecule has 2 rings (SSSR count). The van der Waals surface area contributed by atoms with Crippen molar-refractivity contribution < 1.29 is 22.7 Å². The highest BCUT2D eigenvalue weighted by atomic mass is 79.9. The molecule has 0 atom stereocenters. The fourth-order valence-electron chi connectivity index (χ4n) is 2.15. The van der Waals surface area contributed by atoms with Gasteiger partial charge in [-0.15, -0.1) is 0 Å². The molecule has 156 valence electrons. The lowest BCUT2D eigenvalue weighted by molar-refractivity contribution is -0.130. The van der Waals surface area contributed by atoms with Crippen molar-refractivity contribution in [3.05, 3.63) is 52.5 Å². The topological polar surface area (TPSA) is 97.3 Å². The first-order chi connectivity index (χ1) is 13.7. The molecule has 2 aromatic rings. The first-order valence-corrected chi connectivity index (χ1v) is 10.9. The quantitative estimate of drug-likeness (QED) is 0.436. The number of rotatable bonds is 9. The minimum absolute atomic E-state index is 0.114. The van der Waals surface area contributed by atoms with Crippen LogP contribution in [-0.4, -0.2) is 52.7 Å². The molecule has 1 N–H and O–H groups in total. The molecular weight excluding hydrogens is 462 g/mol. The third-order valence-corrected chi connectivity index (χ3v) is 5.44. The summed E-state index contributed by atoms with van der Waals surface area (Å²) < 4.78 is 36.1. The molecule has 8 nitrogen and oxygen atoms in total. The number of halogens is 1. The summed E-state index contributed by atoms with van der Waals surface area (Å²) in [6.07, 6.45) is 1.35. The third kappa shape index (κ3) is 6.47. The number of amides is 1. The zero-order valence-corrected chi connectivity index (χ0v) is 18.7. The van der Waals surface area contributed by atoms with Gasteiger partial charge in [0, 0.05) is 14.1 Å². The van der Waals surface area contributed by atoms with Crippen LogP contribution in [0.3, 0.4) is 0 Å². The summed E-state index contributed by atoms with van der Waals surface area (Å²) >= 11 is 3.39. The van der Waals surface area contributed by atoms with Gasteiger partial charge in [0.25, 0.3) is 15.9 Å². The first-order valence-electron chi connectivity index (χ1n) is 8.63. The summed E-state index contributed by atoms with van der Waals surface area (Å²) in [6.45, 7) is 2.05. The summed E-state index contributed by atoms with van der Waals surface area (Å²) in [6, 6.07) is 11.3. The Balaban J connectivity index is 2.19. The van der Waals surface area contributed by atoms with E-state index in [4.69, 9.17) is 9.47 Å². The molecule has 0 aliphatic carbocycles. The number of benzene rings is 2. The van der Waals surface area contributed by atoms with E-state index in [-0.39, 0.29) is 17.4 Å². The maximum Gasteiger partial charge on any atom is 0.276 e. The van der Waals surface area contributed by atoms with E-state index < -0.39 is 10.0 Å². The molecular formula is C19H22BrN3O5S. The SMILES string of the molecule is CCOc1cc(/C=N/NS(=O)(=O)c2ccccc2)cc(Br)c1OCC(=O)N(C)C. The van der Waals surface area contributed by atoms with Gasteiger partial charge in [0.1, 0.15) is 0 Å². The van der Waals surface area contributed by atoms with E-state index in [1.165, 1.54) is 23.2 Å². The normalized spacial score (nSPS) is 11.3. The number of hydrogen-bond donors (Lipinski definition) is 1. The van der Waals surface area contributed by atoms with Gasteiger partial charge in [-0.2, -0.15) is 13.5 Å². The van der Waals surface area contributed by atoms with Crippen molar-refractivity contribution in [2.75, 3.05) is 27.3 Å². The van der Waals surface area contributed by atoms with Crippen LogP contribution >= 0.6 is 15.9 Å². The van der Waals surface area contributed by atoms with Gasteiger partial charge in [-0.25, -0.2) is 4.83 Å². The summed E-state index contributed by atoms with van der Waals surface area (Å²) in [5, 5.41) is 3.82. The fraction of sp³-hybridized carbons (Fsp3) is 0.263. The predicted octanol–water partition coefficient (Wildman–Crippen LogP) is 2.63. The average Bonchev–Trinajstić information content (AvgIpc) is 2.68. The molecule has 0 spiro atoms. The summed E-state index contributed by atoms with van der Waals surface area (Å²) in [4.78, 5) is 15.5. The van der Waals surface area contributed by atoms with Crippen molar-refractivity contribution in [1.82, 2.24) is 9.73 Å². The number of likely N-dealkylation sites (N-methyl/N-ethyl adjacent to an activating group) is 1. The van der Waals surface area contributed by atoms with Crippen LogP contribution < -0.4 is 14.3 Å². The first kappa shape index (κ1) is 22.7. The number of sulfonamides is 1. The second-order valence-corrected chi connectivity index (χ2v) is 8.52. The Bertz CT molecular complexity index is 979. The van der Waals surface area contributed by atoms with Crippen LogP contribution in [0.15, 0.2) is 56.9 Å².